The van der Waals surface area contributed by atoms with Crippen LogP contribution in [0.4, 0.5) is 0 Å². The van der Waals surface area contributed by atoms with E-state index in [1.54, 1.807) is 0 Å². The molecule has 1 aliphatic carbocycles. The SMILES string of the molecule is CC1=C2/C=C\N(C)CCC(CC=C1)C2. The molecular formula is C13H19N. The van der Waals surface area contributed by atoms with Crippen molar-refractivity contribution in [2.24, 2.45) is 5.92 Å². The van der Waals surface area contributed by atoms with E-state index in [1.165, 1.54) is 37.0 Å². The van der Waals surface area contributed by atoms with E-state index >= 15 is 0 Å². The van der Waals surface area contributed by atoms with Gasteiger partial charge in [-0.1, -0.05) is 12.2 Å². The predicted molar refractivity (Wildman–Crippen MR) is 61.0 cm³/mol. The van der Waals surface area contributed by atoms with Gasteiger partial charge in [0, 0.05) is 13.6 Å². The van der Waals surface area contributed by atoms with Crippen LogP contribution in [0.3, 0.4) is 0 Å². The van der Waals surface area contributed by atoms with E-state index in [1.807, 2.05) is 0 Å². The lowest BCUT2D eigenvalue weighted by atomic mass is 9.92. The van der Waals surface area contributed by atoms with Crippen molar-refractivity contribution in [3.63, 3.8) is 0 Å². The fourth-order valence-corrected chi connectivity index (χ4v) is 2.20. The average molecular weight is 189 g/mol. The second kappa shape index (κ2) is 4.04. The Morgan fingerprint density at radius 2 is 2.21 bits per heavy atom. The van der Waals surface area contributed by atoms with Gasteiger partial charge in [-0.3, -0.25) is 0 Å². The number of hydrogen-bond donors (Lipinski definition) is 0. The zero-order chi connectivity index (χ0) is 9.97. The Balaban J connectivity index is 2.29. The monoisotopic (exact) mass is 189 g/mol. The standard InChI is InChI=1S/C13H19N/c1-11-4-3-5-12-6-8-14(2)9-7-13(11)10-12/h3-4,7,9,12H,5-6,8,10H2,1-2H3/b9-7-. The van der Waals surface area contributed by atoms with Crippen molar-refractivity contribution in [2.45, 2.75) is 26.2 Å². The van der Waals surface area contributed by atoms with Gasteiger partial charge in [-0.2, -0.15) is 0 Å². The summed E-state index contributed by atoms with van der Waals surface area (Å²) < 4.78 is 0. The second-order valence-corrected chi connectivity index (χ2v) is 4.50. The summed E-state index contributed by atoms with van der Waals surface area (Å²) in [7, 11) is 2.16. The predicted octanol–water partition coefficient (Wildman–Crippen LogP) is 3.12. The minimum Gasteiger partial charge on any atom is -0.380 e. The van der Waals surface area contributed by atoms with Gasteiger partial charge in [-0.25, -0.2) is 0 Å². The summed E-state index contributed by atoms with van der Waals surface area (Å²) >= 11 is 0. The van der Waals surface area contributed by atoms with Gasteiger partial charge in [0.25, 0.3) is 0 Å². The molecular weight excluding hydrogens is 170 g/mol. The Kier molecular flexibility index (Phi) is 2.76. The minimum atomic E-state index is 0.853. The van der Waals surface area contributed by atoms with Crippen LogP contribution in [0.25, 0.3) is 0 Å². The maximum absolute atomic E-state index is 2.34. The largest absolute Gasteiger partial charge is 0.380 e. The molecule has 2 bridgehead atoms. The fraction of sp³-hybridized carbons (Fsp3) is 0.538. The third-order valence-corrected chi connectivity index (χ3v) is 3.27. The maximum Gasteiger partial charge on any atom is 0.0172 e. The van der Waals surface area contributed by atoms with Gasteiger partial charge < -0.3 is 4.90 Å². The molecule has 0 radical (unpaired) electrons. The van der Waals surface area contributed by atoms with Gasteiger partial charge in [0.2, 0.25) is 0 Å². The van der Waals surface area contributed by atoms with Crippen LogP contribution >= 0.6 is 0 Å². The zero-order valence-corrected chi connectivity index (χ0v) is 9.16. The molecule has 0 aromatic heterocycles. The molecule has 2 aliphatic rings. The molecule has 0 aromatic rings. The first-order valence-corrected chi connectivity index (χ1v) is 5.50. The molecule has 2 rings (SSSR count). The van der Waals surface area contributed by atoms with Crippen molar-refractivity contribution in [3.05, 3.63) is 35.6 Å². The average Bonchev–Trinajstić information content (AvgIpc) is 2.33. The lowest BCUT2D eigenvalue weighted by molar-refractivity contribution is 0.370. The maximum atomic E-state index is 2.34. The zero-order valence-electron chi connectivity index (χ0n) is 9.16. The van der Waals surface area contributed by atoms with E-state index in [9.17, 15) is 0 Å². The quantitative estimate of drug-likeness (QED) is 0.566. The molecule has 0 saturated heterocycles. The van der Waals surface area contributed by atoms with E-state index in [0.29, 0.717) is 0 Å². The molecule has 1 atom stereocenters. The van der Waals surface area contributed by atoms with E-state index in [0.717, 1.165) is 5.92 Å². The molecule has 1 heteroatoms. The third kappa shape index (κ3) is 2.09. The van der Waals surface area contributed by atoms with Gasteiger partial charge in [0.1, 0.15) is 0 Å². The van der Waals surface area contributed by atoms with Gasteiger partial charge in [-0.15, -0.1) is 0 Å². The highest BCUT2D eigenvalue weighted by molar-refractivity contribution is 5.33. The van der Waals surface area contributed by atoms with Crippen LogP contribution < -0.4 is 0 Å². The van der Waals surface area contributed by atoms with Crippen LogP contribution in [0.1, 0.15) is 26.2 Å². The molecule has 1 heterocycles. The minimum absolute atomic E-state index is 0.853. The van der Waals surface area contributed by atoms with Crippen LogP contribution in [0.5, 0.6) is 0 Å². The Morgan fingerprint density at radius 1 is 1.36 bits per heavy atom. The molecule has 0 N–H and O–H groups in total. The first kappa shape index (κ1) is 9.57. The molecule has 0 amide bonds. The van der Waals surface area contributed by atoms with Crippen molar-refractivity contribution in [3.8, 4) is 0 Å². The highest BCUT2D eigenvalue weighted by atomic mass is 15.1. The van der Waals surface area contributed by atoms with Gasteiger partial charge >= 0.3 is 0 Å². The van der Waals surface area contributed by atoms with Gasteiger partial charge in [-0.05, 0) is 55.5 Å². The van der Waals surface area contributed by atoms with Crippen LogP contribution in [-0.2, 0) is 0 Å². The number of nitrogens with zero attached hydrogens (tertiary/aromatic N) is 1. The van der Waals surface area contributed by atoms with Crippen molar-refractivity contribution in [1.82, 2.24) is 4.90 Å². The van der Waals surface area contributed by atoms with Crippen molar-refractivity contribution >= 4 is 0 Å². The van der Waals surface area contributed by atoms with Crippen LogP contribution in [0, 0.1) is 5.92 Å². The first-order valence-electron chi connectivity index (χ1n) is 5.50. The Labute approximate surface area is 86.8 Å². The molecule has 0 spiro atoms. The lowest BCUT2D eigenvalue weighted by Crippen LogP contribution is -2.18. The van der Waals surface area contributed by atoms with Crippen LogP contribution in [-0.4, -0.2) is 18.5 Å². The Morgan fingerprint density at radius 3 is 3.07 bits per heavy atom. The molecule has 0 fully saturated rings. The lowest BCUT2D eigenvalue weighted by Gasteiger charge is -2.23. The normalized spacial score (nSPS) is 29.6. The van der Waals surface area contributed by atoms with E-state index in [4.69, 9.17) is 0 Å². The number of allylic oxidation sites excluding steroid dienone is 5. The summed E-state index contributed by atoms with van der Waals surface area (Å²) in [4.78, 5) is 2.30. The summed E-state index contributed by atoms with van der Waals surface area (Å²) in [5.41, 5.74) is 2.97. The fourth-order valence-electron chi connectivity index (χ4n) is 2.20. The van der Waals surface area contributed by atoms with E-state index < -0.39 is 0 Å². The van der Waals surface area contributed by atoms with Gasteiger partial charge in [0.15, 0.2) is 0 Å². The third-order valence-electron chi connectivity index (χ3n) is 3.27. The molecule has 76 valence electrons. The molecule has 0 aromatic carbocycles. The molecule has 1 aliphatic heterocycles. The first-order chi connectivity index (χ1) is 6.75. The molecule has 1 nitrogen and oxygen atoms in total. The summed E-state index contributed by atoms with van der Waals surface area (Å²) in [5, 5.41) is 0. The Bertz CT molecular complexity index is 296. The highest BCUT2D eigenvalue weighted by Crippen LogP contribution is 2.28. The molecule has 0 saturated carbocycles. The van der Waals surface area contributed by atoms with Crippen LogP contribution in [0.15, 0.2) is 35.6 Å². The van der Waals surface area contributed by atoms with E-state index in [2.05, 4.69) is 43.3 Å². The summed E-state index contributed by atoms with van der Waals surface area (Å²) in [6, 6.07) is 0. The van der Waals surface area contributed by atoms with Crippen molar-refractivity contribution < 1.29 is 0 Å². The number of hydrogen-bond acceptors (Lipinski definition) is 1. The summed E-state index contributed by atoms with van der Waals surface area (Å²) in [6.07, 6.45) is 13.0. The number of fused-ring (bicyclic) bond motifs is 2. The smallest absolute Gasteiger partial charge is 0.0172 e. The highest BCUT2D eigenvalue weighted by Gasteiger charge is 2.15. The molecule has 1 unspecified atom stereocenters. The molecule has 14 heavy (non-hydrogen) atoms. The topological polar surface area (TPSA) is 3.24 Å². The van der Waals surface area contributed by atoms with Crippen LogP contribution in [0.2, 0.25) is 0 Å². The number of rotatable bonds is 0. The van der Waals surface area contributed by atoms with Crippen molar-refractivity contribution in [1.29, 1.82) is 0 Å². The van der Waals surface area contributed by atoms with Gasteiger partial charge in [0.05, 0.1) is 0 Å². The van der Waals surface area contributed by atoms with E-state index in [-0.39, 0.29) is 0 Å². The second-order valence-electron chi connectivity index (χ2n) is 4.50. The van der Waals surface area contributed by atoms with Crippen molar-refractivity contribution in [2.75, 3.05) is 13.6 Å². The summed E-state index contributed by atoms with van der Waals surface area (Å²) in [6.45, 7) is 3.42. The summed E-state index contributed by atoms with van der Waals surface area (Å²) in [5.74, 6) is 0.853. The Hall–Kier alpha value is -0.980.